The van der Waals surface area contributed by atoms with Crippen LogP contribution in [0.15, 0.2) is 54.6 Å². The summed E-state index contributed by atoms with van der Waals surface area (Å²) in [6, 6.07) is 14.9. The first-order chi connectivity index (χ1) is 13.1. The molecule has 2 aromatic rings. The van der Waals surface area contributed by atoms with E-state index in [2.05, 4.69) is 17.1 Å². The molecule has 144 valence electrons. The van der Waals surface area contributed by atoms with E-state index in [9.17, 15) is 9.50 Å². The van der Waals surface area contributed by atoms with Crippen LogP contribution < -0.4 is 4.74 Å². The van der Waals surface area contributed by atoms with Crippen molar-refractivity contribution in [1.29, 1.82) is 0 Å². The Kier molecular flexibility index (Phi) is 6.64. The quantitative estimate of drug-likeness (QED) is 0.795. The van der Waals surface area contributed by atoms with E-state index in [0.29, 0.717) is 12.0 Å². The van der Waals surface area contributed by atoms with E-state index in [1.54, 1.807) is 13.2 Å². The van der Waals surface area contributed by atoms with Crippen LogP contribution >= 0.6 is 0 Å². The normalized spacial score (nSPS) is 20.9. The smallest absolute Gasteiger partial charge is 0.126 e. The van der Waals surface area contributed by atoms with E-state index in [4.69, 9.17) is 4.74 Å². The Morgan fingerprint density at radius 1 is 1.19 bits per heavy atom. The Morgan fingerprint density at radius 2 is 1.96 bits per heavy atom. The number of halogens is 1. The summed E-state index contributed by atoms with van der Waals surface area (Å²) in [6.45, 7) is 2.70. The van der Waals surface area contributed by atoms with Gasteiger partial charge in [-0.1, -0.05) is 42.5 Å². The minimum atomic E-state index is -0.269. The lowest BCUT2D eigenvalue weighted by Gasteiger charge is -2.41. The minimum absolute atomic E-state index is 0.0834. The Hall–Kier alpha value is -2.17. The van der Waals surface area contributed by atoms with E-state index >= 15 is 0 Å². The lowest BCUT2D eigenvalue weighted by molar-refractivity contribution is 0.0370. The number of aliphatic hydroxyl groups is 1. The summed E-state index contributed by atoms with van der Waals surface area (Å²) >= 11 is 0. The molecule has 4 heteroatoms. The Morgan fingerprint density at radius 3 is 2.67 bits per heavy atom. The van der Waals surface area contributed by atoms with Crippen molar-refractivity contribution < 1.29 is 14.2 Å². The topological polar surface area (TPSA) is 32.7 Å². The van der Waals surface area contributed by atoms with Gasteiger partial charge in [-0.15, -0.1) is 0 Å². The third kappa shape index (κ3) is 5.18. The maximum absolute atomic E-state index is 14.1. The fourth-order valence-electron chi connectivity index (χ4n) is 3.89. The Labute approximate surface area is 161 Å². The van der Waals surface area contributed by atoms with Gasteiger partial charge in [0.15, 0.2) is 0 Å². The highest BCUT2D eigenvalue weighted by molar-refractivity contribution is 5.50. The standard InChI is InChI=1S/C23H28FNO2/c1-27-21-11-9-19(10-12-21)6-4-14-25-15-5-13-23(17-25,18-26)16-20-7-2-3-8-22(20)24/h2-4,6-12,26H,5,13-18H2,1H3/b6-4+/t23-/m0/s1. The molecule has 3 rings (SSSR count). The van der Waals surface area contributed by atoms with Gasteiger partial charge in [-0.25, -0.2) is 4.39 Å². The second-order valence-electron chi connectivity index (χ2n) is 7.44. The average molecular weight is 369 g/mol. The number of hydrogen-bond acceptors (Lipinski definition) is 3. The highest BCUT2D eigenvalue weighted by Crippen LogP contribution is 2.34. The maximum Gasteiger partial charge on any atom is 0.126 e. The molecular weight excluding hydrogens is 341 g/mol. The molecule has 0 saturated carbocycles. The maximum atomic E-state index is 14.1. The number of hydrogen-bond donors (Lipinski definition) is 1. The number of methoxy groups -OCH3 is 1. The Bertz CT molecular complexity index is 759. The molecule has 3 nitrogen and oxygen atoms in total. The highest BCUT2D eigenvalue weighted by Gasteiger charge is 2.35. The van der Waals surface area contributed by atoms with Crippen molar-refractivity contribution in [1.82, 2.24) is 4.90 Å². The van der Waals surface area contributed by atoms with Crippen LogP contribution in [-0.4, -0.2) is 43.4 Å². The molecule has 1 N–H and O–H groups in total. The van der Waals surface area contributed by atoms with Crippen LogP contribution in [0.3, 0.4) is 0 Å². The number of piperidine rings is 1. The van der Waals surface area contributed by atoms with Crippen LogP contribution in [0.5, 0.6) is 5.75 Å². The third-order valence-corrected chi connectivity index (χ3v) is 5.39. The molecule has 0 bridgehead atoms. The largest absolute Gasteiger partial charge is 0.497 e. The molecule has 0 unspecified atom stereocenters. The van der Waals surface area contributed by atoms with Crippen molar-refractivity contribution in [3.05, 3.63) is 71.6 Å². The van der Waals surface area contributed by atoms with Crippen LogP contribution in [0.25, 0.3) is 6.08 Å². The molecule has 0 aliphatic carbocycles. The molecule has 27 heavy (non-hydrogen) atoms. The van der Waals surface area contributed by atoms with Gasteiger partial charge in [0.2, 0.25) is 0 Å². The van der Waals surface area contributed by atoms with E-state index < -0.39 is 0 Å². The molecule has 0 radical (unpaired) electrons. The van der Waals surface area contributed by atoms with Crippen LogP contribution in [0, 0.1) is 11.2 Å². The molecule has 0 aromatic heterocycles. The predicted octanol–water partition coefficient (Wildman–Crippen LogP) is 4.16. The van der Waals surface area contributed by atoms with Gasteiger partial charge in [0.1, 0.15) is 11.6 Å². The fraction of sp³-hybridized carbons (Fsp3) is 0.391. The van der Waals surface area contributed by atoms with Crippen LogP contribution in [0.1, 0.15) is 24.0 Å². The summed E-state index contributed by atoms with van der Waals surface area (Å²) in [5.74, 6) is 0.672. The zero-order valence-electron chi connectivity index (χ0n) is 15.9. The van der Waals surface area contributed by atoms with Crippen LogP contribution in [0.4, 0.5) is 4.39 Å². The summed E-state index contributed by atoms with van der Waals surface area (Å²) in [7, 11) is 1.66. The Balaban J connectivity index is 1.61. The summed E-state index contributed by atoms with van der Waals surface area (Å²) in [4.78, 5) is 2.35. The van der Waals surface area contributed by atoms with E-state index in [0.717, 1.165) is 43.8 Å². The van der Waals surface area contributed by atoms with Gasteiger partial charge in [0.25, 0.3) is 0 Å². The summed E-state index contributed by atoms with van der Waals surface area (Å²) in [6.07, 6.45) is 6.78. The molecule has 2 aromatic carbocycles. The fourth-order valence-corrected chi connectivity index (χ4v) is 3.89. The first-order valence-corrected chi connectivity index (χ1v) is 9.51. The highest BCUT2D eigenvalue weighted by atomic mass is 19.1. The van der Waals surface area contributed by atoms with Crippen LogP contribution in [-0.2, 0) is 6.42 Å². The molecule has 0 spiro atoms. The first-order valence-electron chi connectivity index (χ1n) is 9.51. The number of ether oxygens (including phenoxy) is 1. The van der Waals surface area contributed by atoms with E-state index in [-0.39, 0.29) is 17.8 Å². The van der Waals surface area contributed by atoms with Gasteiger partial charge in [-0.05, 0) is 55.1 Å². The molecular formula is C23H28FNO2. The van der Waals surface area contributed by atoms with Gasteiger partial charge in [-0.2, -0.15) is 0 Å². The van der Waals surface area contributed by atoms with Crippen molar-refractivity contribution >= 4 is 6.08 Å². The van der Waals surface area contributed by atoms with Gasteiger partial charge in [0, 0.05) is 18.5 Å². The number of aliphatic hydroxyl groups excluding tert-OH is 1. The predicted molar refractivity (Wildman–Crippen MR) is 107 cm³/mol. The minimum Gasteiger partial charge on any atom is -0.497 e. The van der Waals surface area contributed by atoms with Crippen molar-refractivity contribution in [3.8, 4) is 5.75 Å². The molecule has 1 aliphatic heterocycles. The third-order valence-electron chi connectivity index (χ3n) is 5.39. The van der Waals surface area contributed by atoms with Crippen molar-refractivity contribution in [2.75, 3.05) is 33.4 Å². The van der Waals surface area contributed by atoms with Crippen molar-refractivity contribution in [2.24, 2.45) is 5.41 Å². The number of benzene rings is 2. The number of likely N-dealkylation sites (tertiary alicyclic amines) is 1. The SMILES string of the molecule is COc1ccc(/C=C/CN2CCC[C@](CO)(Cc3ccccc3F)C2)cc1. The number of rotatable bonds is 7. The lowest BCUT2D eigenvalue weighted by atomic mass is 9.75. The van der Waals surface area contributed by atoms with Crippen molar-refractivity contribution in [3.63, 3.8) is 0 Å². The second kappa shape index (κ2) is 9.16. The van der Waals surface area contributed by atoms with Gasteiger partial charge in [0.05, 0.1) is 13.7 Å². The molecule has 1 fully saturated rings. The lowest BCUT2D eigenvalue weighted by Crippen LogP contribution is -2.46. The summed E-state index contributed by atoms with van der Waals surface area (Å²) in [5, 5.41) is 10.1. The van der Waals surface area contributed by atoms with E-state index in [1.165, 1.54) is 6.07 Å². The molecule has 1 aliphatic rings. The van der Waals surface area contributed by atoms with Gasteiger partial charge < -0.3 is 9.84 Å². The van der Waals surface area contributed by atoms with E-state index in [1.807, 2.05) is 36.4 Å². The average Bonchev–Trinajstić information content (AvgIpc) is 2.71. The molecule has 1 heterocycles. The first kappa shape index (κ1) is 19.6. The summed E-state index contributed by atoms with van der Waals surface area (Å²) in [5.41, 5.74) is 1.56. The van der Waals surface area contributed by atoms with Gasteiger partial charge >= 0.3 is 0 Å². The zero-order valence-corrected chi connectivity index (χ0v) is 15.9. The van der Waals surface area contributed by atoms with Crippen molar-refractivity contribution in [2.45, 2.75) is 19.3 Å². The monoisotopic (exact) mass is 369 g/mol. The zero-order chi connectivity index (χ0) is 19.1. The summed E-state index contributed by atoms with van der Waals surface area (Å²) < 4.78 is 19.3. The molecule has 0 amide bonds. The number of nitrogens with zero attached hydrogens (tertiary/aromatic N) is 1. The van der Waals surface area contributed by atoms with Gasteiger partial charge in [-0.3, -0.25) is 4.90 Å². The molecule has 1 atom stereocenters. The second-order valence-corrected chi connectivity index (χ2v) is 7.44. The van der Waals surface area contributed by atoms with Crippen LogP contribution in [0.2, 0.25) is 0 Å². The molecule has 1 saturated heterocycles.